The fourth-order valence-corrected chi connectivity index (χ4v) is 1.48. The Morgan fingerprint density at radius 3 is 3.05 bits per heavy atom. The second-order valence-electron chi connectivity index (χ2n) is 3.67. The van der Waals surface area contributed by atoms with Crippen molar-refractivity contribution >= 4 is 17.5 Å². The molecule has 2 heterocycles. The summed E-state index contributed by atoms with van der Waals surface area (Å²) in [6.45, 7) is 0.489. The van der Waals surface area contributed by atoms with Gasteiger partial charge in [0.1, 0.15) is 11.4 Å². The Labute approximate surface area is 109 Å². The first kappa shape index (κ1) is 12.8. The first-order valence-corrected chi connectivity index (χ1v) is 5.54. The monoisotopic (exact) mass is 263 g/mol. The van der Waals surface area contributed by atoms with Crippen molar-refractivity contribution in [2.24, 2.45) is 0 Å². The minimum atomic E-state index is -0.500. The van der Waals surface area contributed by atoms with Gasteiger partial charge in [-0.15, -0.1) is 0 Å². The lowest BCUT2D eigenvalue weighted by molar-refractivity contribution is 0.0601. The Balaban J connectivity index is 2.04. The molecule has 8 heteroatoms. The molecule has 0 aliphatic heterocycles. The molecule has 0 saturated heterocycles. The fourth-order valence-electron chi connectivity index (χ4n) is 1.48. The predicted octanol–water partition coefficient (Wildman–Crippen LogP) is 0.488. The molecule has 0 bridgehead atoms. The van der Waals surface area contributed by atoms with Crippen LogP contribution >= 0.6 is 0 Å². The summed E-state index contributed by atoms with van der Waals surface area (Å²) in [6.07, 6.45) is 3.31. The van der Waals surface area contributed by atoms with E-state index >= 15 is 0 Å². The molecular formula is C11H13N5O3. The van der Waals surface area contributed by atoms with Crippen LogP contribution in [0.4, 0.5) is 11.5 Å². The largest absolute Gasteiger partial charge is 0.465 e. The first-order valence-electron chi connectivity index (χ1n) is 5.54. The van der Waals surface area contributed by atoms with Gasteiger partial charge in [0.2, 0.25) is 5.89 Å². The van der Waals surface area contributed by atoms with E-state index in [2.05, 4.69) is 25.2 Å². The molecule has 0 radical (unpaired) electrons. The molecule has 0 fully saturated rings. The van der Waals surface area contributed by atoms with E-state index in [4.69, 9.17) is 10.3 Å². The van der Waals surface area contributed by atoms with Gasteiger partial charge in [-0.25, -0.2) is 9.78 Å². The number of hydrogen-bond donors (Lipinski definition) is 2. The van der Waals surface area contributed by atoms with Crippen molar-refractivity contribution in [2.75, 3.05) is 24.7 Å². The van der Waals surface area contributed by atoms with Crippen LogP contribution in [0.15, 0.2) is 23.1 Å². The number of rotatable bonds is 5. The maximum absolute atomic E-state index is 11.6. The molecule has 3 N–H and O–H groups in total. The molecule has 8 nitrogen and oxygen atoms in total. The highest BCUT2D eigenvalue weighted by Gasteiger charge is 2.13. The third-order valence-electron chi connectivity index (χ3n) is 2.35. The molecule has 0 unspecified atom stereocenters. The highest BCUT2D eigenvalue weighted by atomic mass is 16.5. The normalized spacial score (nSPS) is 10.2. The van der Waals surface area contributed by atoms with Crippen LogP contribution < -0.4 is 11.1 Å². The molecule has 0 aliphatic carbocycles. The summed E-state index contributed by atoms with van der Waals surface area (Å²) in [5.41, 5.74) is 6.27. The van der Waals surface area contributed by atoms with E-state index in [1.54, 1.807) is 0 Å². The van der Waals surface area contributed by atoms with E-state index in [0.29, 0.717) is 30.4 Å². The van der Waals surface area contributed by atoms with Crippen molar-refractivity contribution in [1.82, 2.24) is 15.1 Å². The molecule has 2 aromatic heterocycles. The van der Waals surface area contributed by atoms with E-state index < -0.39 is 5.97 Å². The number of nitrogens with zero attached hydrogens (tertiary/aromatic N) is 3. The average Bonchev–Trinajstić information content (AvgIpc) is 2.92. The predicted molar refractivity (Wildman–Crippen MR) is 66.5 cm³/mol. The number of carbonyl (C=O) groups excluding carboxylic acids is 1. The third kappa shape index (κ3) is 3.18. The average molecular weight is 263 g/mol. The standard InChI is InChI=1S/C11H13N5O3/c1-18-11(17)8-4-7(12)5-14-10(8)13-3-2-9-15-6-16-19-9/h4-6H,2-3,12H2,1H3,(H,13,14). The van der Waals surface area contributed by atoms with Crippen LogP contribution in [0.3, 0.4) is 0 Å². The number of esters is 1. The van der Waals surface area contributed by atoms with E-state index in [0.717, 1.165) is 0 Å². The van der Waals surface area contributed by atoms with Gasteiger partial charge in [0.05, 0.1) is 19.0 Å². The van der Waals surface area contributed by atoms with Gasteiger partial charge in [-0.05, 0) is 6.07 Å². The molecule has 0 aromatic carbocycles. The van der Waals surface area contributed by atoms with Crippen molar-refractivity contribution in [1.29, 1.82) is 0 Å². The van der Waals surface area contributed by atoms with Crippen LogP contribution in [0.25, 0.3) is 0 Å². The Kier molecular flexibility index (Phi) is 3.91. The number of nitrogens with two attached hydrogens (primary N) is 1. The molecule has 0 saturated carbocycles. The van der Waals surface area contributed by atoms with Crippen LogP contribution in [0.1, 0.15) is 16.2 Å². The van der Waals surface area contributed by atoms with Gasteiger partial charge in [0, 0.05) is 13.0 Å². The van der Waals surface area contributed by atoms with Gasteiger partial charge in [-0.2, -0.15) is 4.98 Å². The van der Waals surface area contributed by atoms with Crippen LogP contribution in [0.5, 0.6) is 0 Å². The summed E-state index contributed by atoms with van der Waals surface area (Å²) in [7, 11) is 1.30. The number of nitrogen functional groups attached to an aromatic ring is 1. The van der Waals surface area contributed by atoms with Gasteiger partial charge < -0.3 is 20.3 Å². The Hall–Kier alpha value is -2.64. The topological polar surface area (TPSA) is 116 Å². The zero-order chi connectivity index (χ0) is 13.7. The van der Waals surface area contributed by atoms with Gasteiger partial charge >= 0.3 is 5.97 Å². The van der Waals surface area contributed by atoms with Gasteiger partial charge in [0.15, 0.2) is 6.33 Å². The minimum Gasteiger partial charge on any atom is -0.465 e. The molecule has 100 valence electrons. The second-order valence-corrected chi connectivity index (χ2v) is 3.67. The van der Waals surface area contributed by atoms with E-state index in [1.807, 2.05) is 0 Å². The number of aromatic nitrogens is 3. The summed E-state index contributed by atoms with van der Waals surface area (Å²) in [4.78, 5) is 19.5. The number of pyridine rings is 1. The Morgan fingerprint density at radius 2 is 2.37 bits per heavy atom. The van der Waals surface area contributed by atoms with Gasteiger partial charge in [-0.3, -0.25) is 0 Å². The summed E-state index contributed by atoms with van der Waals surface area (Å²) in [5, 5.41) is 6.50. The van der Waals surface area contributed by atoms with Crippen molar-refractivity contribution in [3.05, 3.63) is 30.0 Å². The smallest absolute Gasteiger partial charge is 0.341 e. The molecule has 2 rings (SSSR count). The van der Waals surface area contributed by atoms with Crippen molar-refractivity contribution in [3.63, 3.8) is 0 Å². The lowest BCUT2D eigenvalue weighted by atomic mass is 10.2. The maximum Gasteiger partial charge on any atom is 0.341 e. The highest BCUT2D eigenvalue weighted by molar-refractivity contribution is 5.95. The van der Waals surface area contributed by atoms with E-state index in [9.17, 15) is 4.79 Å². The summed E-state index contributed by atoms with van der Waals surface area (Å²) < 4.78 is 9.53. The fraction of sp³-hybridized carbons (Fsp3) is 0.273. The van der Waals surface area contributed by atoms with Gasteiger partial charge in [0.25, 0.3) is 0 Å². The molecule has 0 aliphatic rings. The number of anilines is 2. The summed E-state index contributed by atoms with van der Waals surface area (Å²) in [5.74, 6) is 0.406. The lowest BCUT2D eigenvalue weighted by Crippen LogP contribution is -2.13. The number of ether oxygens (including phenoxy) is 1. The molecular weight excluding hydrogens is 250 g/mol. The second kappa shape index (κ2) is 5.80. The molecule has 2 aromatic rings. The Bertz CT molecular complexity index is 555. The number of hydrogen-bond acceptors (Lipinski definition) is 8. The minimum absolute atomic E-state index is 0.285. The van der Waals surface area contributed by atoms with E-state index in [-0.39, 0.29) is 5.56 Å². The highest BCUT2D eigenvalue weighted by Crippen LogP contribution is 2.16. The van der Waals surface area contributed by atoms with Crippen LogP contribution in [-0.4, -0.2) is 34.7 Å². The quantitative estimate of drug-likeness (QED) is 0.748. The van der Waals surface area contributed by atoms with Crippen molar-refractivity contribution < 1.29 is 14.1 Å². The zero-order valence-corrected chi connectivity index (χ0v) is 10.3. The van der Waals surface area contributed by atoms with Crippen LogP contribution in [0.2, 0.25) is 0 Å². The van der Waals surface area contributed by atoms with Crippen LogP contribution in [0, 0.1) is 0 Å². The molecule has 0 spiro atoms. The molecule has 0 amide bonds. The summed E-state index contributed by atoms with van der Waals surface area (Å²) >= 11 is 0. The van der Waals surface area contributed by atoms with Crippen LogP contribution in [-0.2, 0) is 11.2 Å². The lowest BCUT2D eigenvalue weighted by Gasteiger charge is -2.09. The molecule has 19 heavy (non-hydrogen) atoms. The Morgan fingerprint density at radius 1 is 1.53 bits per heavy atom. The zero-order valence-electron chi connectivity index (χ0n) is 10.3. The number of nitrogens with one attached hydrogen (secondary N) is 1. The van der Waals surface area contributed by atoms with Crippen molar-refractivity contribution in [3.8, 4) is 0 Å². The first-order chi connectivity index (χ1) is 9.20. The molecule has 0 atom stereocenters. The maximum atomic E-state index is 11.6. The summed E-state index contributed by atoms with van der Waals surface area (Å²) in [6, 6.07) is 1.51. The number of methoxy groups -OCH3 is 1. The van der Waals surface area contributed by atoms with Gasteiger partial charge in [-0.1, -0.05) is 5.16 Å². The van der Waals surface area contributed by atoms with E-state index in [1.165, 1.54) is 25.7 Å². The number of carbonyl (C=O) groups is 1. The van der Waals surface area contributed by atoms with Crippen molar-refractivity contribution in [2.45, 2.75) is 6.42 Å². The third-order valence-corrected chi connectivity index (χ3v) is 2.35. The SMILES string of the molecule is COC(=O)c1cc(N)cnc1NCCc1ncno1.